The molecule has 10 aliphatic rings. The number of aliphatic carboxylic acids is 1. The second-order valence-electron chi connectivity index (χ2n) is 27.9. The molecule has 9 fully saturated rings. The van der Waals surface area contributed by atoms with E-state index in [-0.39, 0.29) is 42.1 Å². The standard InChI is InChI=1S/C57H90O26/c1-22-42(80-47-39(68)34(63)27(21-76-47)78-46-38(67)32(61)25(58)19-74-46)37(66)41(70)48(77-22)82-44-33(62)26(59)20-75-50(44)83-51(73)57-16-15-52(2,3)17-24(57)23-9-10-29-54(6)13-12-31(79-49-40(69)35(64)36(65)43(81-49)45(71)72)53(4,5)28(54)11-14-55(29,7)56(23,8)18-30(57)60/h9,22,24-44,46-50,58-70H,10-21H2,1-8H3,(H,71,72). The molecule has 14 N–H and O–H groups in total. The third-order valence-corrected chi connectivity index (χ3v) is 22.3. The fourth-order valence-electron chi connectivity index (χ4n) is 17.2. The molecule has 0 aromatic rings. The Labute approximate surface area is 481 Å². The van der Waals surface area contributed by atoms with E-state index in [2.05, 4.69) is 54.5 Å². The second kappa shape index (κ2) is 23.0. The highest BCUT2D eigenvalue weighted by atomic mass is 16.8. The molecule has 5 aliphatic heterocycles. The number of esters is 1. The zero-order valence-corrected chi connectivity index (χ0v) is 48.3. The maximum absolute atomic E-state index is 15.4. The first-order chi connectivity index (χ1) is 38.7. The summed E-state index contributed by atoms with van der Waals surface area (Å²) in [5.41, 5.74) is -2.52. The smallest absolute Gasteiger partial charge is 0.335 e. The van der Waals surface area contributed by atoms with Crippen molar-refractivity contribution < 1.29 is 128 Å². The number of fused-ring (bicyclic) bond motifs is 7. The summed E-state index contributed by atoms with van der Waals surface area (Å²) in [5, 5.41) is 152. The second-order valence-corrected chi connectivity index (χ2v) is 27.9. The van der Waals surface area contributed by atoms with Crippen molar-refractivity contribution in [2.75, 3.05) is 19.8 Å². The first-order valence-electron chi connectivity index (χ1n) is 29.5. The van der Waals surface area contributed by atoms with Crippen LogP contribution in [0, 0.1) is 50.2 Å². The van der Waals surface area contributed by atoms with E-state index in [1.165, 1.54) is 6.92 Å². The molecule has 474 valence electrons. The molecule has 0 spiro atoms. The summed E-state index contributed by atoms with van der Waals surface area (Å²) in [6.45, 7) is 15.5. The van der Waals surface area contributed by atoms with Gasteiger partial charge >= 0.3 is 11.9 Å². The molecule has 0 aromatic carbocycles. The van der Waals surface area contributed by atoms with Crippen molar-refractivity contribution in [3.05, 3.63) is 11.6 Å². The number of aliphatic hydroxyl groups excluding tert-OH is 13. The minimum atomic E-state index is -1.95. The number of aliphatic hydroxyl groups is 13. The van der Waals surface area contributed by atoms with Crippen LogP contribution in [0.15, 0.2) is 11.6 Å². The lowest BCUT2D eigenvalue weighted by Crippen LogP contribution is -2.68. The van der Waals surface area contributed by atoms with E-state index in [1.807, 2.05) is 0 Å². The maximum atomic E-state index is 15.4. The Bertz CT molecular complexity index is 2380. The highest BCUT2D eigenvalue weighted by Gasteiger charge is 2.72. The summed E-state index contributed by atoms with van der Waals surface area (Å²) in [4.78, 5) is 27.3. The summed E-state index contributed by atoms with van der Waals surface area (Å²) in [6, 6.07) is 0. The van der Waals surface area contributed by atoms with Crippen LogP contribution in [0.4, 0.5) is 0 Å². The van der Waals surface area contributed by atoms with Crippen LogP contribution in [-0.2, 0) is 57.0 Å². The van der Waals surface area contributed by atoms with E-state index in [0.29, 0.717) is 32.1 Å². The Morgan fingerprint density at radius 3 is 1.83 bits per heavy atom. The predicted molar refractivity (Wildman–Crippen MR) is 278 cm³/mol. The monoisotopic (exact) mass is 1190 g/mol. The lowest BCUT2D eigenvalue weighted by Gasteiger charge is -2.71. The van der Waals surface area contributed by atoms with Crippen LogP contribution in [-0.4, -0.2) is 251 Å². The molecule has 0 radical (unpaired) electrons. The molecule has 10 rings (SSSR count). The normalized spacial score (nSPS) is 54.2. The number of hydrogen-bond acceptors (Lipinski definition) is 25. The molecule has 31 unspecified atom stereocenters. The molecule has 5 saturated heterocycles. The van der Waals surface area contributed by atoms with Gasteiger partial charge in [0.2, 0.25) is 6.29 Å². The lowest BCUT2D eigenvalue weighted by atomic mass is 9.33. The van der Waals surface area contributed by atoms with Crippen molar-refractivity contribution in [2.45, 2.75) is 261 Å². The van der Waals surface area contributed by atoms with Crippen LogP contribution in [0.3, 0.4) is 0 Å². The Kier molecular flexibility index (Phi) is 17.7. The zero-order chi connectivity index (χ0) is 60.6. The minimum Gasteiger partial charge on any atom is -0.479 e. The van der Waals surface area contributed by atoms with Crippen molar-refractivity contribution >= 4 is 11.9 Å². The topological polar surface area (TPSA) is 410 Å². The number of allylic oxidation sites excluding steroid dienone is 2. The Hall–Kier alpha value is -2.20. The van der Waals surface area contributed by atoms with Gasteiger partial charge in [-0.05, 0) is 110 Å². The van der Waals surface area contributed by atoms with Crippen LogP contribution in [0.5, 0.6) is 0 Å². The molecule has 4 saturated carbocycles. The molecule has 83 heavy (non-hydrogen) atoms. The van der Waals surface area contributed by atoms with E-state index < -0.39 is 200 Å². The van der Waals surface area contributed by atoms with Gasteiger partial charge < -0.3 is 119 Å². The van der Waals surface area contributed by atoms with E-state index in [0.717, 1.165) is 18.4 Å². The van der Waals surface area contributed by atoms with Crippen molar-refractivity contribution in [3.63, 3.8) is 0 Å². The number of hydrogen-bond donors (Lipinski definition) is 14. The van der Waals surface area contributed by atoms with Gasteiger partial charge in [0.25, 0.3) is 0 Å². The fraction of sp³-hybridized carbons (Fsp3) is 0.930. The maximum Gasteiger partial charge on any atom is 0.335 e. The van der Waals surface area contributed by atoms with Crippen molar-refractivity contribution in [3.8, 4) is 0 Å². The van der Waals surface area contributed by atoms with E-state index in [4.69, 9.17) is 47.4 Å². The van der Waals surface area contributed by atoms with E-state index >= 15 is 4.79 Å². The van der Waals surface area contributed by atoms with E-state index in [9.17, 15) is 76.3 Å². The summed E-state index contributed by atoms with van der Waals surface area (Å²) in [7, 11) is 0. The first-order valence-corrected chi connectivity index (χ1v) is 29.5. The molecular weight excluding hydrogens is 1100 g/mol. The third kappa shape index (κ3) is 10.6. The number of ether oxygens (including phenoxy) is 10. The van der Waals surface area contributed by atoms with Crippen LogP contribution in [0.1, 0.15) is 113 Å². The largest absolute Gasteiger partial charge is 0.479 e. The van der Waals surface area contributed by atoms with E-state index in [1.54, 1.807) is 0 Å². The summed E-state index contributed by atoms with van der Waals surface area (Å²) < 4.78 is 58.6. The van der Waals surface area contributed by atoms with Crippen molar-refractivity contribution in [1.29, 1.82) is 0 Å². The molecule has 26 nitrogen and oxygen atoms in total. The van der Waals surface area contributed by atoms with Crippen LogP contribution < -0.4 is 0 Å². The van der Waals surface area contributed by atoms with Gasteiger partial charge in [-0.1, -0.05) is 60.1 Å². The number of carboxylic acid groups (broad SMARTS) is 1. The molecule has 0 bridgehead atoms. The van der Waals surface area contributed by atoms with Gasteiger partial charge in [-0.3, -0.25) is 4.79 Å². The molecule has 0 amide bonds. The fourth-order valence-corrected chi connectivity index (χ4v) is 17.2. The minimum absolute atomic E-state index is 0.0697. The van der Waals surface area contributed by atoms with Gasteiger partial charge in [0.1, 0.15) is 90.9 Å². The number of carbonyl (C=O) groups excluding carboxylic acids is 1. The van der Waals surface area contributed by atoms with Crippen LogP contribution >= 0.6 is 0 Å². The number of carboxylic acids is 1. The molecule has 5 aliphatic carbocycles. The van der Waals surface area contributed by atoms with Gasteiger partial charge in [-0.2, -0.15) is 0 Å². The summed E-state index contributed by atoms with van der Waals surface area (Å²) >= 11 is 0. The Balaban J connectivity index is 0.834. The molecule has 31 atom stereocenters. The lowest BCUT2D eigenvalue weighted by molar-refractivity contribution is -0.373. The Morgan fingerprint density at radius 2 is 1.14 bits per heavy atom. The van der Waals surface area contributed by atoms with Crippen LogP contribution in [0.25, 0.3) is 0 Å². The van der Waals surface area contributed by atoms with Crippen molar-refractivity contribution in [2.24, 2.45) is 50.2 Å². The summed E-state index contributed by atoms with van der Waals surface area (Å²) in [6.07, 6.45) is -30.8. The summed E-state index contributed by atoms with van der Waals surface area (Å²) in [5.74, 6) is -2.63. The van der Waals surface area contributed by atoms with Gasteiger partial charge in [0.15, 0.2) is 37.4 Å². The SMILES string of the molecule is CC1OC(OC2C(OC(=O)C34CCC(C)(C)CC3C3=CCC5C6(C)CCC(OC7OC(C(=O)O)C(O)C(O)C7O)C(C)(C)C6CCC5(C)C3(C)CC4O)OCC(O)C2O)C(O)C(O)C1OC1OCC(OC2OCC(O)C(O)C2O)C(O)C1O. The Morgan fingerprint density at radius 1 is 0.554 bits per heavy atom. The molecule has 26 heteroatoms. The molecule has 5 heterocycles. The molecular formula is C57H90O26. The number of carbonyl (C=O) groups is 2. The average Bonchev–Trinajstić information content (AvgIpc) is 0.747. The highest BCUT2D eigenvalue weighted by molar-refractivity contribution is 5.80. The van der Waals surface area contributed by atoms with Gasteiger partial charge in [0.05, 0.1) is 38.1 Å². The van der Waals surface area contributed by atoms with Gasteiger partial charge in [-0.15, -0.1) is 0 Å². The van der Waals surface area contributed by atoms with Crippen molar-refractivity contribution in [1.82, 2.24) is 0 Å². The first kappa shape index (κ1) is 63.8. The number of rotatable bonds is 11. The highest BCUT2D eigenvalue weighted by Crippen LogP contribution is 2.76. The molecule has 0 aromatic heterocycles. The zero-order valence-electron chi connectivity index (χ0n) is 48.3. The third-order valence-electron chi connectivity index (χ3n) is 22.3. The van der Waals surface area contributed by atoms with Crippen LogP contribution in [0.2, 0.25) is 0 Å². The van der Waals surface area contributed by atoms with Gasteiger partial charge in [-0.25, -0.2) is 4.79 Å². The predicted octanol–water partition coefficient (Wildman–Crippen LogP) is -2.20. The average molecular weight is 1190 g/mol. The van der Waals surface area contributed by atoms with Gasteiger partial charge in [0, 0.05) is 0 Å². The quantitative estimate of drug-likeness (QED) is 0.0593.